The van der Waals surface area contributed by atoms with E-state index in [0.717, 1.165) is 24.8 Å². The molecule has 1 aliphatic carbocycles. The molecule has 30 heavy (non-hydrogen) atoms. The summed E-state index contributed by atoms with van der Waals surface area (Å²) in [4.78, 5) is 27.3. The molecule has 4 nitrogen and oxygen atoms in total. The van der Waals surface area contributed by atoms with Gasteiger partial charge in [-0.15, -0.1) is 11.3 Å². The Morgan fingerprint density at radius 2 is 1.73 bits per heavy atom. The first-order valence-corrected chi connectivity index (χ1v) is 11.6. The third-order valence-electron chi connectivity index (χ3n) is 5.55. The molecule has 0 saturated heterocycles. The molecule has 2 N–H and O–H groups in total. The Morgan fingerprint density at radius 3 is 2.33 bits per heavy atom. The maximum absolute atomic E-state index is 13.2. The van der Waals surface area contributed by atoms with Crippen molar-refractivity contribution >= 4 is 39.8 Å². The fourth-order valence-electron chi connectivity index (χ4n) is 3.87. The van der Waals surface area contributed by atoms with Crippen molar-refractivity contribution < 1.29 is 9.59 Å². The summed E-state index contributed by atoms with van der Waals surface area (Å²) in [5, 5.41) is 7.05. The molecule has 1 unspecified atom stereocenters. The fourth-order valence-corrected chi connectivity index (χ4v) is 5.41. The van der Waals surface area contributed by atoms with Crippen molar-refractivity contribution in [3.8, 4) is 0 Å². The number of carbonyl (C=O) groups is 2. The molecule has 2 aromatic rings. The lowest BCUT2D eigenvalue weighted by Gasteiger charge is -2.34. The quantitative estimate of drug-likeness (QED) is 0.578. The van der Waals surface area contributed by atoms with Crippen LogP contribution in [0.5, 0.6) is 0 Å². The zero-order chi connectivity index (χ0) is 22.3. The minimum absolute atomic E-state index is 0.135. The highest BCUT2D eigenvalue weighted by molar-refractivity contribution is 7.17. The van der Waals surface area contributed by atoms with Crippen LogP contribution in [0, 0.1) is 11.3 Å². The van der Waals surface area contributed by atoms with Crippen LogP contribution in [0.3, 0.4) is 0 Å². The van der Waals surface area contributed by atoms with Gasteiger partial charge in [0.05, 0.1) is 16.1 Å². The first kappa shape index (κ1) is 22.8. The molecule has 0 aliphatic heterocycles. The largest absolute Gasteiger partial charge is 0.347 e. The highest BCUT2D eigenvalue weighted by Crippen LogP contribution is 2.44. The van der Waals surface area contributed by atoms with Gasteiger partial charge in [0.2, 0.25) is 0 Å². The number of anilines is 1. The van der Waals surface area contributed by atoms with E-state index in [0.29, 0.717) is 27.1 Å². The molecule has 0 fully saturated rings. The van der Waals surface area contributed by atoms with Crippen molar-refractivity contribution in [3.63, 3.8) is 0 Å². The van der Waals surface area contributed by atoms with Gasteiger partial charge in [-0.05, 0) is 69.1 Å². The number of carbonyl (C=O) groups excluding carboxylic acids is 2. The van der Waals surface area contributed by atoms with Crippen molar-refractivity contribution in [2.45, 2.75) is 66.3 Å². The maximum atomic E-state index is 13.2. The van der Waals surface area contributed by atoms with Gasteiger partial charge in [-0.2, -0.15) is 0 Å². The number of fused-ring (bicyclic) bond motifs is 1. The van der Waals surface area contributed by atoms with Gasteiger partial charge in [-0.25, -0.2) is 0 Å². The normalized spacial score (nSPS) is 16.7. The van der Waals surface area contributed by atoms with E-state index >= 15 is 0 Å². The van der Waals surface area contributed by atoms with Gasteiger partial charge >= 0.3 is 0 Å². The lowest BCUT2D eigenvalue weighted by molar-refractivity contribution is 0.0919. The first-order chi connectivity index (χ1) is 13.9. The van der Waals surface area contributed by atoms with E-state index in [1.807, 2.05) is 20.8 Å². The second-order valence-corrected chi connectivity index (χ2v) is 11.7. The van der Waals surface area contributed by atoms with Gasteiger partial charge in [0.15, 0.2) is 0 Å². The van der Waals surface area contributed by atoms with E-state index < -0.39 is 0 Å². The van der Waals surface area contributed by atoms with Crippen LogP contribution in [-0.4, -0.2) is 17.4 Å². The molecule has 6 heteroatoms. The number of halogens is 1. The first-order valence-electron chi connectivity index (χ1n) is 10.4. The van der Waals surface area contributed by atoms with Gasteiger partial charge in [0.1, 0.15) is 5.00 Å². The number of benzene rings is 1. The van der Waals surface area contributed by atoms with E-state index in [1.54, 1.807) is 24.3 Å². The average molecular weight is 447 g/mol. The molecule has 3 rings (SSSR count). The minimum atomic E-state index is -0.363. The lowest BCUT2D eigenvalue weighted by atomic mass is 9.72. The molecular weight excluding hydrogens is 416 g/mol. The molecule has 0 radical (unpaired) electrons. The topological polar surface area (TPSA) is 58.2 Å². The molecule has 1 aliphatic rings. The molecule has 2 amide bonds. The van der Waals surface area contributed by atoms with E-state index in [1.165, 1.54) is 16.2 Å². The smallest absolute Gasteiger partial charge is 0.257 e. The SMILES string of the molecule is CC(C)(C)NC(=O)c1c(NC(=O)c2ccccc2Cl)sc2c1CCC(C(C)(C)C)C2. The van der Waals surface area contributed by atoms with Crippen molar-refractivity contribution in [1.29, 1.82) is 0 Å². The Labute approximate surface area is 188 Å². The Morgan fingerprint density at radius 1 is 1.07 bits per heavy atom. The number of hydrogen-bond donors (Lipinski definition) is 2. The third kappa shape index (κ3) is 5.06. The minimum Gasteiger partial charge on any atom is -0.347 e. The second kappa shape index (κ2) is 8.35. The van der Waals surface area contributed by atoms with Gasteiger partial charge in [0.25, 0.3) is 11.8 Å². The van der Waals surface area contributed by atoms with E-state index in [2.05, 4.69) is 31.4 Å². The molecule has 0 bridgehead atoms. The molecule has 0 saturated carbocycles. The van der Waals surface area contributed by atoms with E-state index in [9.17, 15) is 9.59 Å². The van der Waals surface area contributed by atoms with Gasteiger partial charge in [0, 0.05) is 10.4 Å². The van der Waals surface area contributed by atoms with Gasteiger partial charge < -0.3 is 10.6 Å². The maximum Gasteiger partial charge on any atom is 0.257 e. The Hall–Kier alpha value is -1.85. The van der Waals surface area contributed by atoms with Crippen LogP contribution in [0.4, 0.5) is 5.00 Å². The molecule has 1 aromatic carbocycles. The highest BCUT2D eigenvalue weighted by atomic mass is 35.5. The molecule has 1 aromatic heterocycles. The summed E-state index contributed by atoms with van der Waals surface area (Å²) in [7, 11) is 0. The van der Waals surface area contributed by atoms with Crippen LogP contribution in [0.25, 0.3) is 0 Å². The van der Waals surface area contributed by atoms with Crippen molar-refractivity contribution in [3.05, 3.63) is 50.9 Å². The van der Waals surface area contributed by atoms with Crippen LogP contribution in [-0.2, 0) is 12.8 Å². The standard InChI is InChI=1S/C24H31ClN2O2S/c1-23(2,3)14-11-12-16-18(13-14)30-22(19(16)21(29)27-24(4,5)6)26-20(28)15-9-7-8-10-17(15)25/h7-10,14H,11-13H2,1-6H3,(H,26,28)(H,27,29). The Bertz CT molecular complexity index is 967. The Balaban J connectivity index is 1.99. The summed E-state index contributed by atoms with van der Waals surface area (Å²) >= 11 is 7.74. The molecule has 0 spiro atoms. The number of rotatable bonds is 3. The second-order valence-electron chi connectivity index (χ2n) is 10.2. The van der Waals surface area contributed by atoms with Crippen LogP contribution in [0.2, 0.25) is 5.02 Å². The number of thiophene rings is 1. The monoisotopic (exact) mass is 446 g/mol. The molecular formula is C24H31ClN2O2S. The van der Waals surface area contributed by atoms with Crippen molar-refractivity contribution in [2.24, 2.45) is 11.3 Å². The van der Waals surface area contributed by atoms with Crippen molar-refractivity contribution in [2.75, 3.05) is 5.32 Å². The third-order valence-corrected chi connectivity index (χ3v) is 7.05. The molecule has 1 atom stereocenters. The van der Waals surface area contributed by atoms with Crippen LogP contribution >= 0.6 is 22.9 Å². The summed E-state index contributed by atoms with van der Waals surface area (Å²) in [5.41, 5.74) is 1.93. The Kier molecular flexibility index (Phi) is 6.35. The molecule has 162 valence electrons. The van der Waals surface area contributed by atoms with Gasteiger partial charge in [-0.1, -0.05) is 44.5 Å². The number of hydrogen-bond acceptors (Lipinski definition) is 3. The molecule has 1 heterocycles. The highest BCUT2D eigenvalue weighted by Gasteiger charge is 2.34. The predicted molar refractivity (Wildman–Crippen MR) is 126 cm³/mol. The van der Waals surface area contributed by atoms with E-state index in [4.69, 9.17) is 11.6 Å². The zero-order valence-corrected chi connectivity index (χ0v) is 20.2. The number of nitrogens with one attached hydrogen (secondary N) is 2. The summed E-state index contributed by atoms with van der Waals surface area (Å²) < 4.78 is 0. The van der Waals surface area contributed by atoms with Crippen LogP contribution < -0.4 is 10.6 Å². The average Bonchev–Trinajstić information content (AvgIpc) is 2.96. The predicted octanol–water partition coefficient (Wildman–Crippen LogP) is 6.33. The van der Waals surface area contributed by atoms with Crippen LogP contribution in [0.1, 0.15) is 79.1 Å². The zero-order valence-electron chi connectivity index (χ0n) is 18.6. The summed E-state index contributed by atoms with van der Waals surface area (Å²) in [6, 6.07) is 6.95. The van der Waals surface area contributed by atoms with Crippen LogP contribution in [0.15, 0.2) is 24.3 Å². The van der Waals surface area contributed by atoms with Gasteiger partial charge in [-0.3, -0.25) is 9.59 Å². The van der Waals surface area contributed by atoms with E-state index in [-0.39, 0.29) is 22.8 Å². The number of amides is 2. The summed E-state index contributed by atoms with van der Waals surface area (Å²) in [6.07, 6.45) is 2.82. The van der Waals surface area contributed by atoms with Crippen molar-refractivity contribution in [1.82, 2.24) is 5.32 Å². The summed E-state index contributed by atoms with van der Waals surface area (Å²) in [6.45, 7) is 12.7. The lowest BCUT2D eigenvalue weighted by Crippen LogP contribution is -2.41. The summed E-state index contributed by atoms with van der Waals surface area (Å²) in [5.74, 6) is 0.120. The fraction of sp³-hybridized carbons (Fsp3) is 0.500.